The van der Waals surface area contributed by atoms with E-state index in [0.717, 1.165) is 12.1 Å². The summed E-state index contributed by atoms with van der Waals surface area (Å²) in [5.74, 6) is -0.980. The van der Waals surface area contributed by atoms with Gasteiger partial charge in [0.1, 0.15) is 12.2 Å². The van der Waals surface area contributed by atoms with E-state index >= 15 is 0 Å². The van der Waals surface area contributed by atoms with Crippen LogP contribution in [0.2, 0.25) is 0 Å². The molecular formula is C14H21FN2O5S. The number of sulfonamides is 1. The van der Waals surface area contributed by atoms with Crippen LogP contribution in [0, 0.1) is 5.82 Å². The van der Waals surface area contributed by atoms with E-state index in [1.54, 1.807) is 20.8 Å². The van der Waals surface area contributed by atoms with Gasteiger partial charge in [-0.2, -0.15) is 0 Å². The lowest BCUT2D eigenvalue weighted by Gasteiger charge is -2.24. The number of ether oxygens (including phenoxy) is 2. The second-order valence-corrected chi connectivity index (χ2v) is 7.45. The van der Waals surface area contributed by atoms with E-state index in [9.17, 15) is 17.6 Å². The van der Waals surface area contributed by atoms with Gasteiger partial charge in [-0.25, -0.2) is 22.7 Å². The van der Waals surface area contributed by atoms with Crippen molar-refractivity contribution in [3.63, 3.8) is 0 Å². The Kier molecular flexibility index (Phi) is 5.95. The maximum absolute atomic E-state index is 13.7. The number of hydrogen-bond donors (Lipinski definition) is 1. The van der Waals surface area contributed by atoms with Crippen LogP contribution in [0.4, 0.5) is 9.18 Å². The van der Waals surface area contributed by atoms with Crippen molar-refractivity contribution >= 4 is 16.1 Å². The van der Waals surface area contributed by atoms with Crippen molar-refractivity contribution in [3.05, 3.63) is 24.0 Å². The molecule has 1 rings (SSSR count). The highest BCUT2D eigenvalue weighted by Crippen LogP contribution is 2.20. The maximum atomic E-state index is 13.7. The number of nitrogens with zero attached hydrogens (tertiary/aromatic N) is 1. The fraction of sp³-hybridized carbons (Fsp3) is 0.500. The van der Waals surface area contributed by atoms with Crippen molar-refractivity contribution in [2.24, 2.45) is 5.14 Å². The first-order valence-corrected chi connectivity index (χ1v) is 8.34. The van der Waals surface area contributed by atoms with Gasteiger partial charge in [0.25, 0.3) is 0 Å². The number of carbonyl (C=O) groups excluding carboxylic acids is 1. The van der Waals surface area contributed by atoms with Crippen molar-refractivity contribution in [3.8, 4) is 5.75 Å². The minimum Gasteiger partial charge on any atom is -0.489 e. The lowest BCUT2D eigenvalue weighted by Crippen LogP contribution is -2.36. The van der Waals surface area contributed by atoms with Crippen molar-refractivity contribution in [2.45, 2.75) is 31.3 Å². The zero-order valence-corrected chi connectivity index (χ0v) is 14.3. The van der Waals surface area contributed by atoms with Gasteiger partial charge in [0.2, 0.25) is 10.0 Å². The first-order valence-electron chi connectivity index (χ1n) is 6.79. The number of benzene rings is 1. The third-order valence-electron chi connectivity index (χ3n) is 2.62. The normalized spacial score (nSPS) is 11.9. The predicted octanol–water partition coefficient (Wildman–Crippen LogP) is 1.72. The van der Waals surface area contributed by atoms with Crippen LogP contribution in [0.3, 0.4) is 0 Å². The highest BCUT2D eigenvalue weighted by atomic mass is 32.2. The number of likely N-dealkylation sites (N-methyl/N-ethyl adjacent to an activating group) is 1. The summed E-state index contributed by atoms with van der Waals surface area (Å²) in [5, 5.41) is 4.91. The highest BCUT2D eigenvalue weighted by Gasteiger charge is 2.19. The Morgan fingerprint density at radius 2 is 1.96 bits per heavy atom. The van der Waals surface area contributed by atoms with E-state index in [1.807, 2.05) is 0 Å². The fourth-order valence-electron chi connectivity index (χ4n) is 1.50. The van der Waals surface area contributed by atoms with Crippen LogP contribution >= 0.6 is 0 Å². The van der Waals surface area contributed by atoms with Crippen molar-refractivity contribution in [1.29, 1.82) is 0 Å². The molecular weight excluding hydrogens is 327 g/mol. The molecule has 0 bridgehead atoms. The monoisotopic (exact) mass is 348 g/mol. The Balaban J connectivity index is 2.58. The molecule has 0 aromatic heterocycles. The average Bonchev–Trinajstić information content (AvgIpc) is 2.37. The van der Waals surface area contributed by atoms with E-state index in [0.29, 0.717) is 0 Å². The third-order valence-corrected chi connectivity index (χ3v) is 3.53. The summed E-state index contributed by atoms with van der Waals surface area (Å²) in [6, 6.07) is 3.09. The van der Waals surface area contributed by atoms with Gasteiger partial charge in [0.15, 0.2) is 11.6 Å². The summed E-state index contributed by atoms with van der Waals surface area (Å²) in [4.78, 5) is 12.7. The number of hydrogen-bond acceptors (Lipinski definition) is 5. The molecule has 9 heteroatoms. The second kappa shape index (κ2) is 7.14. The van der Waals surface area contributed by atoms with Gasteiger partial charge in [-0.1, -0.05) is 0 Å². The molecule has 0 aliphatic heterocycles. The van der Waals surface area contributed by atoms with E-state index < -0.39 is 27.5 Å². The molecule has 7 nitrogen and oxygen atoms in total. The quantitative estimate of drug-likeness (QED) is 0.873. The van der Waals surface area contributed by atoms with E-state index in [1.165, 1.54) is 18.0 Å². The highest BCUT2D eigenvalue weighted by molar-refractivity contribution is 7.89. The molecule has 0 heterocycles. The van der Waals surface area contributed by atoms with Crippen molar-refractivity contribution in [1.82, 2.24) is 4.90 Å². The van der Waals surface area contributed by atoms with Gasteiger partial charge in [0.05, 0.1) is 11.4 Å². The molecule has 0 unspecified atom stereocenters. The molecule has 0 fully saturated rings. The average molecular weight is 348 g/mol. The Bertz CT molecular complexity index is 670. The molecule has 1 amide bonds. The van der Waals surface area contributed by atoms with Crippen molar-refractivity contribution < 1.29 is 27.1 Å². The van der Waals surface area contributed by atoms with Gasteiger partial charge in [-0.15, -0.1) is 0 Å². The minimum absolute atomic E-state index is 0.0153. The van der Waals surface area contributed by atoms with E-state index in [-0.39, 0.29) is 23.8 Å². The lowest BCUT2D eigenvalue weighted by atomic mass is 10.2. The Hall–Kier alpha value is -1.87. The van der Waals surface area contributed by atoms with Crippen LogP contribution in [0.25, 0.3) is 0 Å². The maximum Gasteiger partial charge on any atom is 0.410 e. The zero-order chi connectivity index (χ0) is 17.8. The molecule has 1 aromatic rings. The molecule has 0 spiro atoms. The first-order chi connectivity index (χ1) is 10.4. The van der Waals surface area contributed by atoms with E-state index in [4.69, 9.17) is 14.6 Å². The summed E-state index contributed by atoms with van der Waals surface area (Å²) in [7, 11) is -2.44. The first kappa shape index (κ1) is 19.2. The Morgan fingerprint density at radius 3 is 2.43 bits per heavy atom. The van der Waals surface area contributed by atoms with Gasteiger partial charge in [-0.3, -0.25) is 0 Å². The lowest BCUT2D eigenvalue weighted by molar-refractivity contribution is 0.0277. The molecule has 2 N–H and O–H groups in total. The van der Waals surface area contributed by atoms with Crippen LogP contribution in [-0.2, 0) is 14.8 Å². The molecule has 1 aromatic carbocycles. The minimum atomic E-state index is -3.97. The molecule has 0 saturated carbocycles. The molecule has 0 saturated heterocycles. The summed E-state index contributed by atoms with van der Waals surface area (Å²) in [5.41, 5.74) is -0.609. The number of halogens is 1. The molecule has 0 aliphatic rings. The zero-order valence-electron chi connectivity index (χ0n) is 13.5. The number of amides is 1. The van der Waals surface area contributed by atoms with Gasteiger partial charge in [0, 0.05) is 7.05 Å². The topological polar surface area (TPSA) is 98.9 Å². The smallest absolute Gasteiger partial charge is 0.410 e. The SMILES string of the molecule is CN(CCOc1ccc(S(N)(=O)=O)cc1F)C(=O)OC(C)(C)C. The standard InChI is InChI=1S/C14H21FN2O5S/c1-14(2,3)22-13(18)17(4)7-8-21-12-6-5-10(9-11(12)15)23(16,19)20/h5-6,9H,7-8H2,1-4H3,(H2,16,19,20). The Morgan fingerprint density at radius 1 is 1.35 bits per heavy atom. The second-order valence-electron chi connectivity index (χ2n) is 5.89. The largest absolute Gasteiger partial charge is 0.489 e. The summed E-state index contributed by atoms with van der Waals surface area (Å²) < 4.78 is 46.3. The van der Waals surface area contributed by atoms with E-state index in [2.05, 4.69) is 0 Å². The summed E-state index contributed by atoms with van der Waals surface area (Å²) >= 11 is 0. The molecule has 23 heavy (non-hydrogen) atoms. The number of primary sulfonamides is 1. The summed E-state index contributed by atoms with van der Waals surface area (Å²) in [6.07, 6.45) is -0.522. The van der Waals surface area contributed by atoms with Crippen LogP contribution < -0.4 is 9.88 Å². The van der Waals surface area contributed by atoms with Gasteiger partial charge < -0.3 is 14.4 Å². The van der Waals surface area contributed by atoms with Crippen molar-refractivity contribution in [2.75, 3.05) is 20.2 Å². The fourth-order valence-corrected chi connectivity index (χ4v) is 2.02. The number of nitrogens with two attached hydrogens (primary N) is 1. The van der Waals surface area contributed by atoms with Crippen LogP contribution in [-0.4, -0.2) is 45.2 Å². The van der Waals surface area contributed by atoms with Crippen LogP contribution in [0.1, 0.15) is 20.8 Å². The predicted molar refractivity (Wildman–Crippen MR) is 82.1 cm³/mol. The van der Waals surface area contributed by atoms with Gasteiger partial charge >= 0.3 is 6.09 Å². The Labute approximate surface area is 135 Å². The van der Waals surface area contributed by atoms with Crippen LogP contribution in [0.15, 0.2) is 23.1 Å². The summed E-state index contributed by atoms with van der Waals surface area (Å²) in [6.45, 7) is 5.43. The third kappa shape index (κ3) is 6.41. The molecule has 0 aliphatic carbocycles. The number of rotatable bonds is 5. The molecule has 0 radical (unpaired) electrons. The van der Waals surface area contributed by atoms with Gasteiger partial charge in [-0.05, 0) is 39.0 Å². The number of carbonyl (C=O) groups is 1. The molecule has 130 valence electrons. The van der Waals surface area contributed by atoms with Crippen LogP contribution in [0.5, 0.6) is 5.75 Å². The molecule has 0 atom stereocenters.